The quantitative estimate of drug-likeness (QED) is 0.228. The molecule has 0 fully saturated rings. The van der Waals surface area contributed by atoms with Crippen molar-refractivity contribution >= 4 is 40.6 Å². The van der Waals surface area contributed by atoms with Crippen LogP contribution in [-0.4, -0.2) is 36.3 Å². The Hall–Kier alpha value is -4.85. The number of methoxy groups -OCH3 is 1. The molecule has 2 aliphatic rings. The van der Waals surface area contributed by atoms with Crippen molar-refractivity contribution in [3.05, 3.63) is 106 Å². The largest absolute Gasteiger partial charge is 0.872 e. The molecule has 8 nitrogen and oxygen atoms in total. The number of fused-ring (bicyclic) bond motifs is 2. The van der Waals surface area contributed by atoms with Gasteiger partial charge in [0.25, 0.3) is 0 Å². The van der Waals surface area contributed by atoms with Crippen molar-refractivity contribution in [3.63, 3.8) is 0 Å². The molecular formula is C27H19N2O6-. The van der Waals surface area contributed by atoms with E-state index in [0.29, 0.717) is 11.3 Å². The van der Waals surface area contributed by atoms with E-state index in [4.69, 9.17) is 10.1 Å². The number of amides is 1. The van der Waals surface area contributed by atoms with Crippen molar-refractivity contribution in [1.82, 2.24) is 0 Å². The molecule has 0 spiro atoms. The van der Waals surface area contributed by atoms with E-state index < -0.39 is 23.1 Å². The smallest absolute Gasteiger partial charge is 0.221 e. The van der Waals surface area contributed by atoms with Crippen molar-refractivity contribution < 1.29 is 29.0 Å². The lowest BCUT2D eigenvalue weighted by Gasteiger charge is -2.11. The van der Waals surface area contributed by atoms with Crippen LogP contribution in [0.4, 0.5) is 5.69 Å². The van der Waals surface area contributed by atoms with Gasteiger partial charge >= 0.3 is 0 Å². The van der Waals surface area contributed by atoms with Crippen LogP contribution in [0.3, 0.4) is 0 Å². The van der Waals surface area contributed by atoms with E-state index >= 15 is 0 Å². The maximum Gasteiger partial charge on any atom is 0.221 e. The second-order valence-corrected chi connectivity index (χ2v) is 7.79. The molecule has 0 saturated carbocycles. The predicted molar refractivity (Wildman–Crippen MR) is 127 cm³/mol. The molecule has 4 rings (SSSR count). The van der Waals surface area contributed by atoms with Crippen LogP contribution in [0.5, 0.6) is 0 Å². The first kappa shape index (κ1) is 23.3. The monoisotopic (exact) mass is 467 g/mol. The third kappa shape index (κ3) is 4.24. The minimum absolute atomic E-state index is 0.0224. The number of carbonyl (C=O) groups excluding carboxylic acids is 4. The summed E-state index contributed by atoms with van der Waals surface area (Å²) in [7, 11) is 1.35. The Bertz CT molecular complexity index is 1460. The topological polar surface area (TPSA) is 136 Å². The van der Waals surface area contributed by atoms with E-state index in [0.717, 1.165) is 0 Å². The number of ketones is 3. The van der Waals surface area contributed by atoms with Gasteiger partial charge in [0.05, 0.1) is 12.7 Å². The molecular weight excluding hydrogens is 448 g/mol. The average molecular weight is 467 g/mol. The molecule has 2 aliphatic carbocycles. The van der Waals surface area contributed by atoms with Gasteiger partial charge in [-0.05, 0) is 48.0 Å². The Labute approximate surface area is 200 Å². The van der Waals surface area contributed by atoms with Crippen LogP contribution in [-0.2, 0) is 9.53 Å². The maximum absolute atomic E-state index is 12.7. The first-order valence-electron chi connectivity index (χ1n) is 10.5. The van der Waals surface area contributed by atoms with Gasteiger partial charge in [-0.1, -0.05) is 30.1 Å². The number of allylic oxidation sites excluding steroid dienone is 7. The van der Waals surface area contributed by atoms with Crippen LogP contribution in [0.1, 0.15) is 49.1 Å². The zero-order chi connectivity index (χ0) is 25.3. The molecule has 2 aromatic rings. The van der Waals surface area contributed by atoms with Crippen LogP contribution in [0, 0.1) is 5.41 Å². The number of carbonyl (C=O) groups is 4. The van der Waals surface area contributed by atoms with Crippen molar-refractivity contribution in [2.45, 2.75) is 6.92 Å². The molecule has 0 heterocycles. The summed E-state index contributed by atoms with van der Waals surface area (Å²) in [6, 6.07) is 9.00. The van der Waals surface area contributed by atoms with E-state index in [1.165, 1.54) is 68.7 Å². The van der Waals surface area contributed by atoms with Crippen LogP contribution < -0.4 is 10.4 Å². The van der Waals surface area contributed by atoms with Gasteiger partial charge in [0.2, 0.25) is 11.8 Å². The number of benzene rings is 2. The summed E-state index contributed by atoms with van der Waals surface area (Å²) in [6.07, 6.45) is 7.18. The number of hydrogen-bond acceptors (Lipinski definition) is 7. The van der Waals surface area contributed by atoms with Gasteiger partial charge in [-0.25, -0.2) is 0 Å². The fraction of sp³-hybridized carbons (Fsp3) is 0.0741. The molecule has 2 aromatic carbocycles. The van der Waals surface area contributed by atoms with Gasteiger partial charge in [0.15, 0.2) is 17.3 Å². The highest BCUT2D eigenvalue weighted by Gasteiger charge is 2.32. The van der Waals surface area contributed by atoms with Gasteiger partial charge in [0, 0.05) is 40.4 Å². The SMILES string of the molecule is COC(=N)c1ccc2c(c1)C([O-])=C(C=CC=CC=C1C(=O)c3ccc(NC(C)=O)cc3C1=O)C2=O. The number of Topliss-reactive ketones (excluding diaryl/α,β-unsaturated/α-hetero) is 3. The number of rotatable bonds is 5. The molecule has 0 aromatic heterocycles. The predicted octanol–water partition coefficient (Wildman–Crippen LogP) is 3.00. The average Bonchev–Trinajstić information content (AvgIpc) is 3.22. The first-order chi connectivity index (χ1) is 16.7. The Balaban J connectivity index is 1.51. The number of anilines is 1. The lowest BCUT2D eigenvalue weighted by molar-refractivity contribution is -0.244. The number of hydrogen-bond donors (Lipinski definition) is 2. The van der Waals surface area contributed by atoms with Gasteiger partial charge in [-0.15, -0.1) is 0 Å². The molecule has 8 heteroatoms. The highest BCUT2D eigenvalue weighted by molar-refractivity contribution is 6.39. The Morgan fingerprint density at radius 2 is 1.60 bits per heavy atom. The third-order valence-corrected chi connectivity index (χ3v) is 5.53. The van der Waals surface area contributed by atoms with Crippen LogP contribution in [0.2, 0.25) is 0 Å². The van der Waals surface area contributed by atoms with Gasteiger partial charge in [-0.3, -0.25) is 24.6 Å². The van der Waals surface area contributed by atoms with Crippen LogP contribution in [0.15, 0.2) is 77.9 Å². The van der Waals surface area contributed by atoms with E-state index in [1.807, 2.05) is 0 Å². The van der Waals surface area contributed by atoms with E-state index in [-0.39, 0.29) is 45.2 Å². The zero-order valence-electron chi connectivity index (χ0n) is 18.8. The third-order valence-electron chi connectivity index (χ3n) is 5.53. The highest BCUT2D eigenvalue weighted by atomic mass is 16.5. The maximum atomic E-state index is 12.7. The van der Waals surface area contributed by atoms with Gasteiger partial charge in [0.1, 0.15) is 0 Å². The molecule has 35 heavy (non-hydrogen) atoms. The van der Waals surface area contributed by atoms with E-state index in [1.54, 1.807) is 12.1 Å². The highest BCUT2D eigenvalue weighted by Crippen LogP contribution is 2.31. The Morgan fingerprint density at radius 1 is 0.914 bits per heavy atom. The first-order valence-corrected chi connectivity index (χ1v) is 10.5. The molecule has 0 radical (unpaired) electrons. The van der Waals surface area contributed by atoms with Crippen molar-refractivity contribution in [1.29, 1.82) is 5.41 Å². The van der Waals surface area contributed by atoms with Gasteiger partial charge in [-0.2, -0.15) is 0 Å². The molecule has 2 N–H and O–H groups in total. The number of ether oxygens (including phenoxy) is 1. The fourth-order valence-electron chi connectivity index (χ4n) is 3.86. The molecule has 0 aliphatic heterocycles. The summed E-state index contributed by atoms with van der Waals surface area (Å²) in [6.45, 7) is 1.35. The molecule has 0 unspecified atom stereocenters. The van der Waals surface area contributed by atoms with Crippen molar-refractivity contribution in [2.75, 3.05) is 12.4 Å². The second-order valence-electron chi connectivity index (χ2n) is 7.79. The summed E-state index contributed by atoms with van der Waals surface area (Å²) in [5.74, 6) is -2.15. The molecule has 174 valence electrons. The van der Waals surface area contributed by atoms with E-state index in [2.05, 4.69) is 5.32 Å². The van der Waals surface area contributed by atoms with Crippen LogP contribution >= 0.6 is 0 Å². The van der Waals surface area contributed by atoms with Crippen LogP contribution in [0.25, 0.3) is 5.76 Å². The van der Waals surface area contributed by atoms with Crippen molar-refractivity contribution in [2.24, 2.45) is 0 Å². The number of nitrogens with one attached hydrogen (secondary N) is 2. The molecule has 0 atom stereocenters. The minimum Gasteiger partial charge on any atom is -0.872 e. The fourth-order valence-corrected chi connectivity index (χ4v) is 3.86. The molecule has 0 saturated heterocycles. The lowest BCUT2D eigenvalue weighted by atomic mass is 10.0. The summed E-state index contributed by atoms with van der Waals surface area (Å²) in [5, 5.41) is 23.0. The van der Waals surface area contributed by atoms with Gasteiger partial charge < -0.3 is 15.2 Å². The second kappa shape index (κ2) is 9.18. The summed E-state index contributed by atoms with van der Waals surface area (Å²) < 4.78 is 4.86. The van der Waals surface area contributed by atoms with Crippen molar-refractivity contribution in [3.8, 4) is 0 Å². The minimum atomic E-state index is -0.453. The molecule has 1 amide bonds. The molecule has 0 bridgehead atoms. The Morgan fingerprint density at radius 3 is 2.31 bits per heavy atom. The summed E-state index contributed by atoms with van der Waals surface area (Å²) in [4.78, 5) is 49.1. The summed E-state index contributed by atoms with van der Waals surface area (Å²) in [5.41, 5.74) is 1.71. The standard InChI is InChI=1S/C27H20N2O6/c1-14(30)29-16-9-11-18-22(13-16)26(34)20(24(18)32)7-5-3-4-6-19-23(31)17-10-8-15(27(28)35-2)12-21(17)25(19)33/h3-13,28,33H,1-2H3,(H,29,30)/p-1. The summed E-state index contributed by atoms with van der Waals surface area (Å²) >= 11 is 0. The lowest BCUT2D eigenvalue weighted by Crippen LogP contribution is -2.06. The normalized spacial score (nSPS) is 15.9. The zero-order valence-corrected chi connectivity index (χ0v) is 18.8. The van der Waals surface area contributed by atoms with E-state index in [9.17, 15) is 24.3 Å². The Kier molecular flexibility index (Phi) is 6.12.